The first-order valence-electron chi connectivity index (χ1n) is 8.30. The van der Waals surface area contributed by atoms with E-state index in [0.29, 0.717) is 36.7 Å². The number of aromatic nitrogens is 4. The zero-order chi connectivity index (χ0) is 18.1. The maximum Gasteiger partial charge on any atom is 0.228 e. The zero-order valence-electron chi connectivity index (χ0n) is 14.2. The van der Waals surface area contributed by atoms with Crippen LogP contribution in [0, 0.1) is 12.7 Å². The minimum absolute atomic E-state index is 0.00924. The highest BCUT2D eigenvalue weighted by atomic mass is 19.1. The summed E-state index contributed by atoms with van der Waals surface area (Å²) >= 11 is 0. The van der Waals surface area contributed by atoms with Crippen molar-refractivity contribution in [1.82, 2.24) is 19.9 Å². The fourth-order valence-electron chi connectivity index (χ4n) is 3.05. The van der Waals surface area contributed by atoms with Crippen LogP contribution in [0.15, 0.2) is 42.9 Å². The molecule has 1 amide bonds. The van der Waals surface area contributed by atoms with Crippen LogP contribution >= 0.6 is 0 Å². The Morgan fingerprint density at radius 3 is 2.65 bits per heavy atom. The standard InChI is InChI=1S/C19H16FN5O/c1-12-15-6-7-17(26)25(11-13-2-4-14(20)5-3-13)19(15)24-18(23-12)16-10-21-8-9-22-16/h2-5,8-10H,6-7,11H2,1H3. The van der Waals surface area contributed by atoms with Gasteiger partial charge in [0, 0.05) is 30.1 Å². The lowest BCUT2D eigenvalue weighted by atomic mass is 10.0. The van der Waals surface area contributed by atoms with Gasteiger partial charge in [-0.25, -0.2) is 19.3 Å². The van der Waals surface area contributed by atoms with Gasteiger partial charge in [-0.15, -0.1) is 0 Å². The molecule has 3 heterocycles. The number of hydrogen-bond acceptors (Lipinski definition) is 5. The third kappa shape index (κ3) is 3.03. The third-order valence-electron chi connectivity index (χ3n) is 4.38. The third-order valence-corrected chi connectivity index (χ3v) is 4.38. The monoisotopic (exact) mass is 349 g/mol. The molecular weight excluding hydrogens is 333 g/mol. The number of nitrogens with zero attached hydrogens (tertiary/aromatic N) is 5. The molecule has 2 aromatic heterocycles. The number of fused-ring (bicyclic) bond motifs is 1. The van der Waals surface area contributed by atoms with Crippen molar-refractivity contribution in [2.75, 3.05) is 4.90 Å². The predicted octanol–water partition coefficient (Wildman–Crippen LogP) is 2.86. The smallest absolute Gasteiger partial charge is 0.228 e. The molecule has 0 aliphatic carbocycles. The van der Waals surface area contributed by atoms with Crippen LogP contribution in [0.25, 0.3) is 11.5 Å². The van der Waals surface area contributed by atoms with Gasteiger partial charge in [0.2, 0.25) is 5.91 Å². The summed E-state index contributed by atoms with van der Waals surface area (Å²) in [5.74, 6) is 0.721. The Balaban J connectivity index is 1.77. The lowest BCUT2D eigenvalue weighted by Crippen LogP contribution is -2.36. The van der Waals surface area contributed by atoms with E-state index in [-0.39, 0.29) is 11.7 Å². The van der Waals surface area contributed by atoms with Gasteiger partial charge in [0.25, 0.3) is 0 Å². The highest BCUT2D eigenvalue weighted by Crippen LogP contribution is 2.31. The second-order valence-electron chi connectivity index (χ2n) is 6.13. The van der Waals surface area contributed by atoms with E-state index in [2.05, 4.69) is 19.9 Å². The number of rotatable bonds is 3. The number of carbonyl (C=O) groups is 1. The van der Waals surface area contributed by atoms with Gasteiger partial charge in [0.05, 0.1) is 12.7 Å². The summed E-state index contributed by atoms with van der Waals surface area (Å²) in [6.07, 6.45) is 5.77. The van der Waals surface area contributed by atoms with E-state index in [1.807, 2.05) is 6.92 Å². The van der Waals surface area contributed by atoms with Crippen LogP contribution in [0.4, 0.5) is 10.2 Å². The minimum Gasteiger partial charge on any atom is -0.292 e. The van der Waals surface area contributed by atoms with E-state index < -0.39 is 0 Å². The van der Waals surface area contributed by atoms with E-state index in [1.165, 1.54) is 12.1 Å². The number of hydrogen-bond donors (Lipinski definition) is 0. The van der Waals surface area contributed by atoms with Crippen molar-refractivity contribution in [3.05, 3.63) is 65.5 Å². The van der Waals surface area contributed by atoms with Gasteiger partial charge in [-0.1, -0.05) is 12.1 Å². The van der Waals surface area contributed by atoms with Crippen LogP contribution in [0.3, 0.4) is 0 Å². The molecule has 26 heavy (non-hydrogen) atoms. The zero-order valence-corrected chi connectivity index (χ0v) is 14.2. The Bertz CT molecular complexity index is 960. The molecule has 1 aliphatic heterocycles. The molecule has 0 bridgehead atoms. The molecule has 0 unspecified atom stereocenters. The average Bonchev–Trinajstić information content (AvgIpc) is 2.66. The summed E-state index contributed by atoms with van der Waals surface area (Å²) in [4.78, 5) is 31.6. The van der Waals surface area contributed by atoms with Crippen molar-refractivity contribution in [1.29, 1.82) is 0 Å². The quantitative estimate of drug-likeness (QED) is 0.727. The molecule has 0 atom stereocenters. The Morgan fingerprint density at radius 1 is 1.12 bits per heavy atom. The van der Waals surface area contributed by atoms with E-state index in [4.69, 9.17) is 0 Å². The fourth-order valence-corrected chi connectivity index (χ4v) is 3.05. The van der Waals surface area contributed by atoms with Gasteiger partial charge in [0.15, 0.2) is 5.82 Å². The molecule has 1 aromatic carbocycles. The summed E-state index contributed by atoms with van der Waals surface area (Å²) < 4.78 is 13.2. The second-order valence-corrected chi connectivity index (χ2v) is 6.13. The van der Waals surface area contributed by atoms with Crippen molar-refractivity contribution in [2.24, 2.45) is 0 Å². The van der Waals surface area contributed by atoms with E-state index in [0.717, 1.165) is 16.8 Å². The topological polar surface area (TPSA) is 71.9 Å². The van der Waals surface area contributed by atoms with Crippen LogP contribution in [0.1, 0.15) is 23.2 Å². The van der Waals surface area contributed by atoms with Crippen molar-refractivity contribution >= 4 is 11.7 Å². The molecule has 7 heteroatoms. The molecule has 1 aliphatic rings. The first-order chi connectivity index (χ1) is 12.6. The Kier molecular flexibility index (Phi) is 4.12. The van der Waals surface area contributed by atoms with E-state index in [1.54, 1.807) is 35.6 Å². The Labute approximate surface area is 149 Å². The summed E-state index contributed by atoms with van der Waals surface area (Å²) in [7, 11) is 0. The number of halogens is 1. The van der Waals surface area contributed by atoms with Crippen molar-refractivity contribution < 1.29 is 9.18 Å². The number of carbonyl (C=O) groups excluding carboxylic acids is 1. The Morgan fingerprint density at radius 2 is 1.92 bits per heavy atom. The van der Waals surface area contributed by atoms with Gasteiger partial charge in [-0.2, -0.15) is 0 Å². The first-order valence-corrected chi connectivity index (χ1v) is 8.30. The summed E-state index contributed by atoms with van der Waals surface area (Å²) in [5, 5.41) is 0. The maximum absolute atomic E-state index is 13.2. The molecule has 3 aromatic rings. The highest BCUT2D eigenvalue weighted by molar-refractivity contribution is 5.95. The number of aryl methyl sites for hydroxylation is 1. The Hall–Kier alpha value is -3.22. The number of amides is 1. The van der Waals surface area contributed by atoms with Gasteiger partial charge < -0.3 is 0 Å². The molecule has 130 valence electrons. The average molecular weight is 349 g/mol. The van der Waals surface area contributed by atoms with Crippen LogP contribution in [-0.2, 0) is 17.8 Å². The summed E-state index contributed by atoms with van der Waals surface area (Å²) in [6.45, 7) is 2.24. The van der Waals surface area contributed by atoms with Crippen LogP contribution < -0.4 is 4.90 Å². The first kappa shape index (κ1) is 16.3. The lowest BCUT2D eigenvalue weighted by molar-refractivity contribution is -0.119. The highest BCUT2D eigenvalue weighted by Gasteiger charge is 2.28. The molecule has 0 saturated carbocycles. The second kappa shape index (κ2) is 6.59. The summed E-state index contributed by atoms with van der Waals surface area (Å²) in [5.41, 5.74) is 3.18. The van der Waals surface area contributed by atoms with Crippen LogP contribution in [0.2, 0.25) is 0 Å². The summed E-state index contributed by atoms with van der Waals surface area (Å²) in [6, 6.07) is 6.13. The molecule has 0 radical (unpaired) electrons. The molecule has 0 N–H and O–H groups in total. The lowest BCUT2D eigenvalue weighted by Gasteiger charge is -2.29. The van der Waals surface area contributed by atoms with Gasteiger partial charge in [0.1, 0.15) is 17.3 Å². The maximum atomic E-state index is 13.2. The fraction of sp³-hybridized carbons (Fsp3) is 0.211. The number of anilines is 1. The van der Waals surface area contributed by atoms with Crippen molar-refractivity contribution in [2.45, 2.75) is 26.3 Å². The molecule has 0 fully saturated rings. The van der Waals surface area contributed by atoms with Crippen LogP contribution in [0.5, 0.6) is 0 Å². The van der Waals surface area contributed by atoms with Crippen LogP contribution in [-0.4, -0.2) is 25.8 Å². The van der Waals surface area contributed by atoms with Gasteiger partial charge >= 0.3 is 0 Å². The largest absolute Gasteiger partial charge is 0.292 e. The van der Waals surface area contributed by atoms with E-state index in [9.17, 15) is 9.18 Å². The van der Waals surface area contributed by atoms with Gasteiger partial charge in [-0.05, 0) is 31.0 Å². The van der Waals surface area contributed by atoms with Crippen molar-refractivity contribution in [3.63, 3.8) is 0 Å². The normalized spacial score (nSPS) is 13.6. The molecular formula is C19H16FN5O. The van der Waals surface area contributed by atoms with Gasteiger partial charge in [-0.3, -0.25) is 14.7 Å². The van der Waals surface area contributed by atoms with Crippen molar-refractivity contribution in [3.8, 4) is 11.5 Å². The molecule has 0 spiro atoms. The molecule has 4 rings (SSSR count). The number of benzene rings is 1. The minimum atomic E-state index is -0.303. The van der Waals surface area contributed by atoms with E-state index >= 15 is 0 Å². The molecule has 0 saturated heterocycles. The molecule has 6 nitrogen and oxygen atoms in total. The predicted molar refractivity (Wildman–Crippen MR) is 93.7 cm³/mol. The SMILES string of the molecule is Cc1nc(-c2cnccn2)nc2c1CCC(=O)N2Cc1ccc(F)cc1.